The first-order valence-corrected chi connectivity index (χ1v) is 12.9. The summed E-state index contributed by atoms with van der Waals surface area (Å²) in [7, 11) is 0. The molecule has 2 aliphatic rings. The molecule has 2 amide bonds. The number of ether oxygens (including phenoxy) is 2. The van der Waals surface area contributed by atoms with Gasteiger partial charge in [0.15, 0.2) is 0 Å². The van der Waals surface area contributed by atoms with Crippen molar-refractivity contribution >= 4 is 24.0 Å². The highest BCUT2D eigenvalue weighted by atomic mass is 16.6. The highest BCUT2D eigenvalue weighted by Gasteiger charge is 2.30. The van der Waals surface area contributed by atoms with Gasteiger partial charge in [-0.25, -0.2) is 14.6 Å². The molecule has 0 bridgehead atoms. The van der Waals surface area contributed by atoms with Crippen LogP contribution in [0.15, 0.2) is 30.5 Å². The molecule has 1 atom stereocenters. The number of carbonyl (C=O) groups excluding carboxylic acids is 2. The maximum absolute atomic E-state index is 12.3. The molecule has 2 aromatic rings. The predicted octanol–water partition coefficient (Wildman–Crippen LogP) is 4.57. The van der Waals surface area contributed by atoms with E-state index in [-0.39, 0.29) is 30.9 Å². The lowest BCUT2D eigenvalue weighted by Crippen LogP contribution is -2.49. The summed E-state index contributed by atoms with van der Waals surface area (Å²) in [6, 6.07) is 8.41. The van der Waals surface area contributed by atoms with Crippen LogP contribution in [0.1, 0.15) is 64.3 Å². The summed E-state index contributed by atoms with van der Waals surface area (Å²) in [5.74, 6) is 1.07. The van der Waals surface area contributed by atoms with E-state index in [1.807, 2.05) is 34.6 Å². The molecule has 0 saturated carbocycles. The summed E-state index contributed by atoms with van der Waals surface area (Å²) < 4.78 is 10.7. The van der Waals surface area contributed by atoms with Crippen LogP contribution in [0.2, 0.25) is 0 Å². The number of nitrogens with zero attached hydrogens (tertiary/aromatic N) is 5. The largest absolute Gasteiger partial charge is 0.444 e. The van der Waals surface area contributed by atoms with Gasteiger partial charge in [0.05, 0.1) is 11.6 Å². The maximum atomic E-state index is 12.3. The van der Waals surface area contributed by atoms with E-state index >= 15 is 0 Å². The Morgan fingerprint density at radius 3 is 2.41 bits per heavy atom. The van der Waals surface area contributed by atoms with Crippen LogP contribution in [-0.4, -0.2) is 69.8 Å². The van der Waals surface area contributed by atoms with Crippen LogP contribution in [0, 0.1) is 0 Å². The van der Waals surface area contributed by atoms with E-state index in [9.17, 15) is 9.59 Å². The summed E-state index contributed by atoms with van der Waals surface area (Å²) in [5.41, 5.74) is 2.65. The molecule has 1 saturated heterocycles. The van der Waals surface area contributed by atoms with Crippen LogP contribution in [0.4, 0.5) is 21.4 Å². The lowest BCUT2D eigenvalue weighted by atomic mass is 10.1. The van der Waals surface area contributed by atoms with Gasteiger partial charge in [-0.05, 0) is 52.7 Å². The average molecular weight is 511 g/mol. The molecule has 10 heteroatoms. The van der Waals surface area contributed by atoms with Crippen molar-refractivity contribution in [3.05, 3.63) is 47.2 Å². The molecule has 2 aliphatic heterocycles. The third kappa shape index (κ3) is 6.68. The number of hydrogen-bond donors (Lipinski definition) is 1. The Kier molecular flexibility index (Phi) is 7.87. The van der Waals surface area contributed by atoms with E-state index in [0.717, 1.165) is 30.8 Å². The van der Waals surface area contributed by atoms with Crippen molar-refractivity contribution in [3.8, 4) is 0 Å². The van der Waals surface area contributed by atoms with E-state index < -0.39 is 5.60 Å². The number of carbonyl (C=O) groups is 2. The van der Waals surface area contributed by atoms with Crippen molar-refractivity contribution in [2.24, 2.45) is 0 Å². The minimum atomic E-state index is -0.476. The minimum Gasteiger partial charge on any atom is -0.444 e. The number of aromatic nitrogens is 2. The number of nitrogens with one attached hydrogen (secondary N) is 1. The first-order valence-electron chi connectivity index (χ1n) is 12.9. The van der Waals surface area contributed by atoms with E-state index in [1.165, 1.54) is 5.56 Å². The van der Waals surface area contributed by atoms with Gasteiger partial charge in [-0.3, -0.25) is 9.80 Å². The number of fused-ring (bicyclic) bond motifs is 1. The molecule has 4 rings (SSSR count). The lowest BCUT2D eigenvalue weighted by Gasteiger charge is -2.35. The number of hydrogen-bond acceptors (Lipinski definition) is 8. The number of amides is 2. The number of piperazine rings is 1. The second kappa shape index (κ2) is 10.9. The normalized spacial score (nSPS) is 17.3. The Bertz CT molecular complexity index is 1110. The predicted molar refractivity (Wildman–Crippen MR) is 141 cm³/mol. The van der Waals surface area contributed by atoms with Crippen LogP contribution >= 0.6 is 0 Å². The van der Waals surface area contributed by atoms with E-state index in [1.54, 1.807) is 16.0 Å². The van der Waals surface area contributed by atoms with Crippen molar-refractivity contribution < 1.29 is 19.1 Å². The van der Waals surface area contributed by atoms with Crippen molar-refractivity contribution in [2.45, 2.75) is 72.4 Å². The van der Waals surface area contributed by atoms with Gasteiger partial charge in [-0.15, -0.1) is 0 Å². The summed E-state index contributed by atoms with van der Waals surface area (Å²) in [6.07, 6.45) is 1.09. The number of rotatable bonds is 6. The molecule has 0 aliphatic carbocycles. The van der Waals surface area contributed by atoms with Gasteiger partial charge < -0.3 is 19.7 Å². The molecule has 1 aromatic heterocycles. The fourth-order valence-electron chi connectivity index (χ4n) is 4.39. The first-order chi connectivity index (χ1) is 17.5. The molecule has 1 fully saturated rings. The molecule has 10 nitrogen and oxygen atoms in total. The number of cyclic esters (lactones) is 1. The highest BCUT2D eigenvalue weighted by Crippen LogP contribution is 2.28. The summed E-state index contributed by atoms with van der Waals surface area (Å²) in [4.78, 5) is 39.2. The minimum absolute atomic E-state index is 0.0208. The molecule has 0 spiro atoms. The van der Waals surface area contributed by atoms with Crippen molar-refractivity contribution in [1.29, 1.82) is 0 Å². The molecule has 1 aromatic carbocycles. The zero-order valence-corrected chi connectivity index (χ0v) is 22.7. The van der Waals surface area contributed by atoms with Gasteiger partial charge >= 0.3 is 12.2 Å². The van der Waals surface area contributed by atoms with Crippen LogP contribution in [0.25, 0.3) is 0 Å². The van der Waals surface area contributed by atoms with Gasteiger partial charge in [0, 0.05) is 45.0 Å². The summed E-state index contributed by atoms with van der Waals surface area (Å²) in [6.45, 7) is 15.6. The van der Waals surface area contributed by atoms with Gasteiger partial charge in [0.2, 0.25) is 5.95 Å². The van der Waals surface area contributed by atoms with E-state index in [2.05, 4.69) is 51.4 Å². The van der Waals surface area contributed by atoms with Crippen LogP contribution in [-0.2, 0) is 22.6 Å². The monoisotopic (exact) mass is 510 g/mol. The van der Waals surface area contributed by atoms with Crippen molar-refractivity contribution in [2.75, 3.05) is 36.4 Å². The SMILES string of the molecule is CC(C)N1C(=O)OCc2cnc(N[C@@H](C)c3ccc(CN4CCN(C(=O)OC(C)(C)C)CC4)cc3)nc21. The Hall–Kier alpha value is -3.40. The standard InChI is InChI=1S/C27H38N6O4/c1-18(2)33-23-22(17-36-26(33)35)15-28-24(30-23)29-19(3)21-9-7-20(8-10-21)16-31-11-13-32(14-12-31)25(34)37-27(4,5)6/h7-10,15,18-19H,11-14,16-17H2,1-6H3,(H,28,29,30)/t19-/m0/s1. The Balaban J connectivity index is 1.32. The Morgan fingerprint density at radius 2 is 1.78 bits per heavy atom. The molecular weight excluding hydrogens is 472 g/mol. The fraction of sp³-hybridized carbons (Fsp3) is 0.556. The molecule has 1 N–H and O–H groups in total. The zero-order chi connectivity index (χ0) is 26.7. The summed E-state index contributed by atoms with van der Waals surface area (Å²) >= 11 is 0. The van der Waals surface area contributed by atoms with Crippen LogP contribution in [0.5, 0.6) is 0 Å². The number of benzene rings is 1. The van der Waals surface area contributed by atoms with Crippen LogP contribution in [0.3, 0.4) is 0 Å². The van der Waals surface area contributed by atoms with Gasteiger partial charge in [0.1, 0.15) is 18.0 Å². The average Bonchev–Trinajstić information content (AvgIpc) is 2.83. The van der Waals surface area contributed by atoms with Gasteiger partial charge in [0.25, 0.3) is 0 Å². The molecule has 3 heterocycles. The second-order valence-corrected chi connectivity index (χ2v) is 10.9. The van der Waals surface area contributed by atoms with Crippen LogP contribution < -0.4 is 10.2 Å². The highest BCUT2D eigenvalue weighted by molar-refractivity contribution is 5.89. The Morgan fingerprint density at radius 1 is 1.11 bits per heavy atom. The quantitative estimate of drug-likeness (QED) is 0.603. The van der Waals surface area contributed by atoms with Crippen molar-refractivity contribution in [1.82, 2.24) is 19.8 Å². The van der Waals surface area contributed by atoms with Gasteiger partial charge in [-0.1, -0.05) is 24.3 Å². The fourth-order valence-corrected chi connectivity index (χ4v) is 4.39. The van der Waals surface area contributed by atoms with E-state index in [4.69, 9.17) is 9.47 Å². The number of anilines is 2. The molecular formula is C27H38N6O4. The molecule has 0 radical (unpaired) electrons. The second-order valence-electron chi connectivity index (χ2n) is 10.9. The first kappa shape index (κ1) is 26.7. The van der Waals surface area contributed by atoms with E-state index in [0.29, 0.717) is 24.9 Å². The topological polar surface area (TPSA) is 100 Å². The maximum Gasteiger partial charge on any atom is 0.416 e. The zero-order valence-electron chi connectivity index (χ0n) is 22.7. The third-order valence-electron chi connectivity index (χ3n) is 6.39. The lowest BCUT2D eigenvalue weighted by molar-refractivity contribution is 0.0139. The third-order valence-corrected chi connectivity index (χ3v) is 6.39. The molecule has 0 unspecified atom stereocenters. The smallest absolute Gasteiger partial charge is 0.416 e. The van der Waals surface area contributed by atoms with Gasteiger partial charge in [-0.2, -0.15) is 4.98 Å². The molecule has 37 heavy (non-hydrogen) atoms. The summed E-state index contributed by atoms with van der Waals surface area (Å²) in [5, 5.41) is 3.35. The van der Waals surface area contributed by atoms with Crippen molar-refractivity contribution in [3.63, 3.8) is 0 Å². The molecule has 200 valence electrons. The Labute approximate surface area is 218 Å².